The monoisotopic (exact) mass is 340 g/mol. The second-order valence-corrected chi connectivity index (χ2v) is 5.71. The van der Waals surface area contributed by atoms with Crippen molar-refractivity contribution in [3.63, 3.8) is 0 Å². The summed E-state index contributed by atoms with van der Waals surface area (Å²) < 4.78 is 18.3. The third-order valence-electron chi connectivity index (χ3n) is 3.88. The minimum absolute atomic E-state index is 0.0901. The number of benzene rings is 2. The van der Waals surface area contributed by atoms with Gasteiger partial charge in [0.25, 0.3) is 5.56 Å². The van der Waals surface area contributed by atoms with Crippen LogP contribution in [0.3, 0.4) is 0 Å². The van der Waals surface area contributed by atoms with Crippen LogP contribution in [0.1, 0.15) is 30.8 Å². The van der Waals surface area contributed by atoms with Gasteiger partial charge in [0.05, 0.1) is 17.3 Å². The molecule has 1 heterocycles. The molecule has 1 unspecified atom stereocenters. The highest BCUT2D eigenvalue weighted by molar-refractivity contribution is 5.77. The zero-order valence-electron chi connectivity index (χ0n) is 13.7. The maximum absolute atomic E-state index is 12.9. The van der Waals surface area contributed by atoms with E-state index in [-0.39, 0.29) is 24.2 Å². The summed E-state index contributed by atoms with van der Waals surface area (Å²) >= 11 is 0. The minimum atomic E-state index is -0.475. The number of H-pyrrole nitrogens is 1. The molecule has 0 saturated carbocycles. The highest BCUT2D eigenvalue weighted by atomic mass is 19.1. The fourth-order valence-corrected chi connectivity index (χ4v) is 2.53. The number of carbonyl (C=O) groups excluding carboxylic acids is 1. The molecule has 3 rings (SSSR count). The summed E-state index contributed by atoms with van der Waals surface area (Å²) in [7, 11) is 0. The van der Waals surface area contributed by atoms with Crippen molar-refractivity contribution in [3.05, 3.63) is 76.1 Å². The number of esters is 1. The number of aromatic nitrogens is 2. The topological polar surface area (TPSA) is 72.0 Å². The zero-order chi connectivity index (χ0) is 17.8. The maximum atomic E-state index is 12.9. The van der Waals surface area contributed by atoms with Crippen LogP contribution in [0, 0.1) is 5.82 Å². The largest absolute Gasteiger partial charge is 0.458 e. The molecule has 0 fully saturated rings. The molecule has 3 aromatic rings. The van der Waals surface area contributed by atoms with Gasteiger partial charge in [-0.1, -0.05) is 24.3 Å². The highest BCUT2D eigenvalue weighted by Gasteiger charge is 2.13. The lowest BCUT2D eigenvalue weighted by Crippen LogP contribution is -2.14. The Labute approximate surface area is 143 Å². The summed E-state index contributed by atoms with van der Waals surface area (Å²) in [5.41, 5.74) is 1.08. The molecule has 2 aromatic carbocycles. The van der Waals surface area contributed by atoms with Gasteiger partial charge in [0.2, 0.25) is 0 Å². The van der Waals surface area contributed by atoms with Gasteiger partial charge in [-0.3, -0.25) is 9.59 Å². The molecule has 25 heavy (non-hydrogen) atoms. The zero-order valence-corrected chi connectivity index (χ0v) is 13.7. The fourth-order valence-electron chi connectivity index (χ4n) is 2.53. The molecule has 0 aliphatic rings. The summed E-state index contributed by atoms with van der Waals surface area (Å²) in [4.78, 5) is 31.0. The van der Waals surface area contributed by atoms with E-state index in [9.17, 15) is 14.0 Å². The molecule has 1 atom stereocenters. The molecule has 6 heteroatoms. The number of nitrogens with one attached hydrogen (secondary N) is 1. The third-order valence-corrected chi connectivity index (χ3v) is 3.88. The molecule has 0 amide bonds. The molecule has 128 valence electrons. The molecular formula is C19H17FN2O3. The van der Waals surface area contributed by atoms with Gasteiger partial charge < -0.3 is 9.72 Å². The highest BCUT2D eigenvalue weighted by Crippen LogP contribution is 2.18. The van der Waals surface area contributed by atoms with Crippen LogP contribution in [0.15, 0.2) is 53.3 Å². The lowest BCUT2D eigenvalue weighted by molar-refractivity contribution is -0.148. The second kappa shape index (κ2) is 7.25. The number of hydrogen-bond acceptors (Lipinski definition) is 4. The molecular weight excluding hydrogens is 323 g/mol. The summed E-state index contributed by atoms with van der Waals surface area (Å²) in [6, 6.07) is 12.8. The van der Waals surface area contributed by atoms with E-state index in [2.05, 4.69) is 9.97 Å². The van der Waals surface area contributed by atoms with Gasteiger partial charge in [-0.15, -0.1) is 0 Å². The Morgan fingerprint density at radius 1 is 1.20 bits per heavy atom. The SMILES string of the molecule is CC(OC(=O)CCc1nc2ccccc2c(=O)[nH]1)c1ccc(F)cc1. The number of ether oxygens (including phenoxy) is 1. The fraction of sp³-hybridized carbons (Fsp3) is 0.211. The number of carbonyl (C=O) groups is 1. The van der Waals surface area contributed by atoms with Gasteiger partial charge >= 0.3 is 5.97 Å². The van der Waals surface area contributed by atoms with Crippen LogP contribution in [-0.4, -0.2) is 15.9 Å². The van der Waals surface area contributed by atoms with Crippen LogP contribution < -0.4 is 5.56 Å². The normalized spacial score (nSPS) is 12.1. The van der Waals surface area contributed by atoms with E-state index < -0.39 is 12.1 Å². The van der Waals surface area contributed by atoms with E-state index in [0.717, 1.165) is 0 Å². The van der Waals surface area contributed by atoms with E-state index in [4.69, 9.17) is 4.74 Å². The molecule has 0 aliphatic heterocycles. The molecule has 0 spiro atoms. The number of hydrogen-bond donors (Lipinski definition) is 1. The first-order chi connectivity index (χ1) is 12.0. The lowest BCUT2D eigenvalue weighted by Gasteiger charge is -2.13. The second-order valence-electron chi connectivity index (χ2n) is 5.71. The molecule has 0 bridgehead atoms. The molecule has 5 nitrogen and oxygen atoms in total. The van der Waals surface area contributed by atoms with Crippen molar-refractivity contribution >= 4 is 16.9 Å². The quantitative estimate of drug-likeness (QED) is 0.723. The standard InChI is InChI=1S/C19H17FN2O3/c1-12(13-6-8-14(20)9-7-13)25-18(23)11-10-17-21-16-5-3-2-4-15(16)19(24)22-17/h2-9,12H,10-11H2,1H3,(H,21,22,24). The van der Waals surface area contributed by atoms with Gasteiger partial charge in [0.15, 0.2) is 0 Å². The molecule has 1 N–H and O–H groups in total. The van der Waals surface area contributed by atoms with Crippen molar-refractivity contribution in [2.24, 2.45) is 0 Å². The average Bonchev–Trinajstić information content (AvgIpc) is 2.60. The van der Waals surface area contributed by atoms with Crippen LogP contribution in [-0.2, 0) is 16.0 Å². The molecule has 0 radical (unpaired) electrons. The molecule has 0 saturated heterocycles. The van der Waals surface area contributed by atoms with Crippen molar-refractivity contribution in [2.75, 3.05) is 0 Å². The summed E-state index contributed by atoms with van der Waals surface area (Å²) in [6.07, 6.45) is -0.112. The van der Waals surface area contributed by atoms with Gasteiger partial charge in [-0.25, -0.2) is 9.37 Å². The number of rotatable bonds is 5. The van der Waals surface area contributed by atoms with Gasteiger partial charge in [0, 0.05) is 6.42 Å². The van der Waals surface area contributed by atoms with E-state index in [1.807, 2.05) is 0 Å². The minimum Gasteiger partial charge on any atom is -0.458 e. The third kappa shape index (κ3) is 4.09. The smallest absolute Gasteiger partial charge is 0.306 e. The Kier molecular flexibility index (Phi) is 4.88. The predicted molar refractivity (Wildman–Crippen MR) is 91.6 cm³/mol. The van der Waals surface area contributed by atoms with E-state index in [0.29, 0.717) is 22.3 Å². The Hall–Kier alpha value is -3.02. The summed E-state index contributed by atoms with van der Waals surface area (Å²) in [5.74, 6) is -0.309. The van der Waals surface area contributed by atoms with Gasteiger partial charge in [-0.05, 0) is 36.8 Å². The number of aromatic amines is 1. The van der Waals surface area contributed by atoms with Crippen LogP contribution >= 0.6 is 0 Å². The first-order valence-corrected chi connectivity index (χ1v) is 7.96. The van der Waals surface area contributed by atoms with Crippen LogP contribution in [0.25, 0.3) is 10.9 Å². The van der Waals surface area contributed by atoms with Crippen molar-refractivity contribution in [3.8, 4) is 0 Å². The first kappa shape index (κ1) is 16.8. The number of aryl methyl sites for hydroxylation is 1. The number of fused-ring (bicyclic) bond motifs is 1. The van der Waals surface area contributed by atoms with Crippen LogP contribution in [0.2, 0.25) is 0 Å². The maximum Gasteiger partial charge on any atom is 0.306 e. The van der Waals surface area contributed by atoms with E-state index >= 15 is 0 Å². The predicted octanol–water partition coefficient (Wildman–Crippen LogP) is 3.30. The van der Waals surface area contributed by atoms with Crippen molar-refractivity contribution in [1.29, 1.82) is 0 Å². The Morgan fingerprint density at radius 2 is 1.92 bits per heavy atom. The lowest BCUT2D eigenvalue weighted by atomic mass is 10.1. The Bertz CT molecular complexity index is 951. The van der Waals surface area contributed by atoms with Crippen molar-refractivity contribution in [2.45, 2.75) is 25.9 Å². The number of nitrogens with zero attached hydrogens (tertiary/aromatic N) is 1. The van der Waals surface area contributed by atoms with Crippen molar-refractivity contribution < 1.29 is 13.9 Å². The first-order valence-electron chi connectivity index (χ1n) is 7.96. The average molecular weight is 340 g/mol. The molecule has 0 aliphatic carbocycles. The summed E-state index contributed by atoms with van der Waals surface area (Å²) in [5, 5.41) is 0.513. The molecule has 1 aromatic heterocycles. The summed E-state index contributed by atoms with van der Waals surface area (Å²) in [6.45, 7) is 1.72. The van der Waals surface area contributed by atoms with Crippen LogP contribution in [0.4, 0.5) is 4.39 Å². The number of para-hydroxylation sites is 1. The van der Waals surface area contributed by atoms with Gasteiger partial charge in [-0.2, -0.15) is 0 Å². The Morgan fingerprint density at radius 3 is 2.68 bits per heavy atom. The Balaban J connectivity index is 1.62. The van der Waals surface area contributed by atoms with E-state index in [1.54, 1.807) is 43.3 Å². The van der Waals surface area contributed by atoms with E-state index in [1.165, 1.54) is 12.1 Å². The van der Waals surface area contributed by atoms with Gasteiger partial charge in [0.1, 0.15) is 17.7 Å². The number of halogens is 1. The van der Waals surface area contributed by atoms with Crippen LogP contribution in [0.5, 0.6) is 0 Å². The van der Waals surface area contributed by atoms with Crippen molar-refractivity contribution in [1.82, 2.24) is 9.97 Å².